The molecule has 0 spiro atoms. The quantitative estimate of drug-likeness (QED) is 0.505. The Bertz CT molecular complexity index is 1090. The number of pyridine rings is 1. The summed E-state index contributed by atoms with van der Waals surface area (Å²) in [5.41, 5.74) is 5.39. The first-order valence-electron chi connectivity index (χ1n) is 9.33. The number of nitriles is 1. The molecule has 146 valence electrons. The van der Waals surface area contributed by atoms with Gasteiger partial charge in [0, 0.05) is 47.1 Å². The van der Waals surface area contributed by atoms with Crippen molar-refractivity contribution in [3.05, 3.63) is 81.8 Å². The highest BCUT2D eigenvalue weighted by atomic mass is 35.5. The third kappa shape index (κ3) is 4.16. The van der Waals surface area contributed by atoms with Crippen molar-refractivity contribution in [3.8, 4) is 17.2 Å². The van der Waals surface area contributed by atoms with Gasteiger partial charge in [-0.3, -0.25) is 0 Å². The third-order valence-electron chi connectivity index (χ3n) is 5.05. The van der Waals surface area contributed by atoms with Crippen LogP contribution in [-0.4, -0.2) is 23.5 Å². The van der Waals surface area contributed by atoms with E-state index in [-0.39, 0.29) is 5.82 Å². The highest BCUT2D eigenvalue weighted by molar-refractivity contribution is 7.98. The minimum atomic E-state index is -0.256. The van der Waals surface area contributed by atoms with E-state index in [1.54, 1.807) is 12.1 Å². The molecular weight excluding hydrogens is 405 g/mol. The Morgan fingerprint density at radius 1 is 1.21 bits per heavy atom. The smallest absolute Gasteiger partial charge is 0.123 e. The molecule has 0 aliphatic carbocycles. The van der Waals surface area contributed by atoms with Crippen molar-refractivity contribution >= 4 is 23.4 Å². The van der Waals surface area contributed by atoms with Crippen molar-refractivity contribution in [2.75, 3.05) is 13.6 Å². The molecule has 0 amide bonds. The molecule has 29 heavy (non-hydrogen) atoms. The maximum Gasteiger partial charge on any atom is 0.123 e. The Labute approximate surface area is 179 Å². The van der Waals surface area contributed by atoms with Crippen LogP contribution < -0.4 is 0 Å². The Morgan fingerprint density at radius 2 is 1.97 bits per heavy atom. The van der Waals surface area contributed by atoms with Gasteiger partial charge in [0.25, 0.3) is 0 Å². The number of thioether (sulfide) groups is 1. The number of hydrogen-bond donors (Lipinski definition) is 0. The van der Waals surface area contributed by atoms with Gasteiger partial charge in [-0.2, -0.15) is 5.26 Å². The molecule has 0 unspecified atom stereocenters. The van der Waals surface area contributed by atoms with Crippen molar-refractivity contribution in [1.82, 2.24) is 9.88 Å². The first-order valence-corrected chi connectivity index (χ1v) is 10.7. The molecule has 0 saturated carbocycles. The van der Waals surface area contributed by atoms with Crippen LogP contribution in [0.5, 0.6) is 0 Å². The van der Waals surface area contributed by atoms with Gasteiger partial charge in [-0.15, -0.1) is 11.8 Å². The lowest BCUT2D eigenvalue weighted by Gasteiger charge is -2.28. The summed E-state index contributed by atoms with van der Waals surface area (Å²) in [7, 11) is 2.07. The number of likely N-dealkylation sites (N-methyl/N-ethyl adjacent to an activating group) is 1. The lowest BCUT2D eigenvalue weighted by atomic mass is 9.92. The fourth-order valence-corrected chi connectivity index (χ4v) is 4.77. The lowest BCUT2D eigenvalue weighted by molar-refractivity contribution is 0.309. The maximum absolute atomic E-state index is 13.2. The van der Waals surface area contributed by atoms with Gasteiger partial charge in [0.1, 0.15) is 16.9 Å². The summed E-state index contributed by atoms with van der Waals surface area (Å²) in [6, 6.07) is 16.4. The van der Waals surface area contributed by atoms with Crippen LogP contribution in [0, 0.1) is 17.1 Å². The van der Waals surface area contributed by atoms with E-state index < -0.39 is 0 Å². The molecule has 0 radical (unpaired) electrons. The van der Waals surface area contributed by atoms with E-state index in [9.17, 15) is 9.65 Å². The van der Waals surface area contributed by atoms with Gasteiger partial charge < -0.3 is 4.90 Å². The normalized spacial score (nSPS) is 13.7. The minimum Gasteiger partial charge on any atom is -0.302 e. The summed E-state index contributed by atoms with van der Waals surface area (Å²) in [5.74, 6) is 0.358. The van der Waals surface area contributed by atoms with Gasteiger partial charge in [0.15, 0.2) is 0 Å². The lowest BCUT2D eigenvalue weighted by Crippen LogP contribution is -2.28. The van der Waals surface area contributed by atoms with Crippen molar-refractivity contribution in [1.29, 1.82) is 5.26 Å². The van der Waals surface area contributed by atoms with Crippen LogP contribution in [0.4, 0.5) is 4.39 Å². The van der Waals surface area contributed by atoms with E-state index in [0.717, 1.165) is 47.5 Å². The van der Waals surface area contributed by atoms with Crippen LogP contribution in [-0.2, 0) is 18.7 Å². The molecule has 0 bridgehead atoms. The van der Waals surface area contributed by atoms with E-state index >= 15 is 0 Å². The van der Waals surface area contributed by atoms with Gasteiger partial charge >= 0.3 is 0 Å². The van der Waals surface area contributed by atoms with Crippen molar-refractivity contribution in [3.63, 3.8) is 0 Å². The van der Waals surface area contributed by atoms with Crippen LogP contribution in [0.1, 0.15) is 22.4 Å². The molecular formula is C23H19ClFN3S. The van der Waals surface area contributed by atoms with Crippen LogP contribution in [0.2, 0.25) is 5.02 Å². The Balaban J connectivity index is 1.82. The predicted octanol–water partition coefficient (Wildman–Crippen LogP) is 5.69. The second-order valence-electron chi connectivity index (χ2n) is 7.09. The average molecular weight is 424 g/mol. The van der Waals surface area contributed by atoms with Gasteiger partial charge in [0.05, 0.1) is 5.56 Å². The topological polar surface area (TPSA) is 39.9 Å². The summed E-state index contributed by atoms with van der Waals surface area (Å²) < 4.78 is 13.2. The third-order valence-corrected chi connectivity index (χ3v) is 6.43. The van der Waals surface area contributed by atoms with Crippen LogP contribution in [0.3, 0.4) is 0 Å². The van der Waals surface area contributed by atoms with Gasteiger partial charge in [-0.05, 0) is 36.4 Å². The Hall–Kier alpha value is -2.39. The molecule has 0 fully saturated rings. The molecule has 1 aromatic heterocycles. The summed E-state index contributed by atoms with van der Waals surface area (Å²) in [6.45, 7) is 1.66. The van der Waals surface area contributed by atoms with Gasteiger partial charge in [-0.1, -0.05) is 41.9 Å². The number of benzene rings is 2. The molecule has 2 heterocycles. The number of halogens is 2. The SMILES string of the molecule is CN1CCc2nc(SCc3ccc(F)cc3)c(C#N)c(-c3ccccc3Cl)c2C1. The van der Waals surface area contributed by atoms with E-state index in [2.05, 4.69) is 18.0 Å². The van der Waals surface area contributed by atoms with Gasteiger partial charge in [-0.25, -0.2) is 9.37 Å². The highest BCUT2D eigenvalue weighted by Crippen LogP contribution is 2.40. The zero-order valence-corrected chi connectivity index (χ0v) is 17.5. The first-order chi connectivity index (χ1) is 14.1. The number of fused-ring (bicyclic) bond motifs is 1. The summed E-state index contributed by atoms with van der Waals surface area (Å²) in [4.78, 5) is 7.10. The largest absolute Gasteiger partial charge is 0.302 e. The summed E-state index contributed by atoms with van der Waals surface area (Å²) in [6.07, 6.45) is 0.832. The van der Waals surface area contributed by atoms with E-state index in [0.29, 0.717) is 21.4 Å². The second-order valence-corrected chi connectivity index (χ2v) is 8.46. The standard InChI is InChI=1S/C23H19ClFN3S/c1-28-11-10-21-19(13-28)22(17-4-2-3-5-20(17)24)18(12-26)23(27-21)29-14-15-6-8-16(25)9-7-15/h2-9H,10-11,13-14H2,1H3. The molecule has 0 N–H and O–H groups in total. The van der Waals surface area contributed by atoms with E-state index in [1.165, 1.54) is 23.9 Å². The Morgan fingerprint density at radius 3 is 2.69 bits per heavy atom. The van der Waals surface area contributed by atoms with Crippen molar-refractivity contribution in [2.24, 2.45) is 0 Å². The average Bonchev–Trinajstić information content (AvgIpc) is 2.73. The summed E-state index contributed by atoms with van der Waals surface area (Å²) >= 11 is 8.03. The number of hydrogen-bond acceptors (Lipinski definition) is 4. The first kappa shape index (κ1) is 19.9. The summed E-state index contributed by atoms with van der Waals surface area (Å²) in [5, 5.41) is 11.4. The van der Waals surface area contributed by atoms with Crippen molar-refractivity contribution in [2.45, 2.75) is 23.7 Å². The molecule has 0 atom stereocenters. The van der Waals surface area contributed by atoms with Gasteiger partial charge in [0.2, 0.25) is 0 Å². The highest BCUT2D eigenvalue weighted by Gasteiger charge is 2.25. The maximum atomic E-state index is 13.2. The molecule has 3 aromatic rings. The number of aromatic nitrogens is 1. The molecule has 2 aromatic carbocycles. The molecule has 3 nitrogen and oxygen atoms in total. The molecule has 6 heteroatoms. The molecule has 1 aliphatic rings. The zero-order chi connectivity index (χ0) is 20.4. The minimum absolute atomic E-state index is 0.256. The predicted molar refractivity (Wildman–Crippen MR) is 115 cm³/mol. The molecule has 1 aliphatic heterocycles. The molecule has 4 rings (SSSR count). The fraction of sp³-hybridized carbons (Fsp3) is 0.217. The van der Waals surface area contributed by atoms with Crippen LogP contribution in [0.25, 0.3) is 11.1 Å². The monoisotopic (exact) mass is 423 g/mol. The van der Waals surface area contributed by atoms with E-state index in [4.69, 9.17) is 16.6 Å². The van der Waals surface area contributed by atoms with E-state index in [1.807, 2.05) is 24.3 Å². The fourth-order valence-electron chi connectivity index (χ4n) is 3.57. The number of rotatable bonds is 4. The zero-order valence-electron chi connectivity index (χ0n) is 16.0. The van der Waals surface area contributed by atoms with Crippen LogP contribution >= 0.6 is 23.4 Å². The van der Waals surface area contributed by atoms with Crippen LogP contribution in [0.15, 0.2) is 53.6 Å². The molecule has 0 saturated heterocycles. The Kier molecular flexibility index (Phi) is 5.86. The second kappa shape index (κ2) is 8.54. The van der Waals surface area contributed by atoms with Crippen molar-refractivity contribution < 1.29 is 4.39 Å². The number of nitrogens with zero attached hydrogens (tertiary/aromatic N) is 3.